The van der Waals surface area contributed by atoms with E-state index >= 15 is 0 Å². The Hall–Kier alpha value is -1.87. The van der Waals surface area contributed by atoms with Crippen LogP contribution in [0.5, 0.6) is 0 Å². The SMILES string of the molecule is CC(C)=CC=C1C2CC3(C(=O)N[C@H]4CC[C@H](N)CC4)CC1CC(c1ccccc1)(C2)C3. The molecule has 3 N–H and O–H groups in total. The molecule has 0 heterocycles. The molecule has 1 amide bonds. The molecule has 2 unspecified atom stereocenters. The van der Waals surface area contributed by atoms with Crippen LogP contribution in [0.4, 0.5) is 0 Å². The molecule has 0 aliphatic heterocycles. The van der Waals surface area contributed by atoms with E-state index in [0.717, 1.165) is 44.9 Å². The van der Waals surface area contributed by atoms with Crippen molar-refractivity contribution >= 4 is 5.91 Å². The highest BCUT2D eigenvalue weighted by Gasteiger charge is 2.62. The Morgan fingerprint density at radius 1 is 1.00 bits per heavy atom. The lowest BCUT2D eigenvalue weighted by Crippen LogP contribution is -2.60. The van der Waals surface area contributed by atoms with Crippen LogP contribution in [0.3, 0.4) is 0 Å². The predicted molar refractivity (Wildman–Crippen MR) is 127 cm³/mol. The minimum absolute atomic E-state index is 0.154. The summed E-state index contributed by atoms with van der Waals surface area (Å²) in [6.45, 7) is 4.34. The third-order valence-electron chi connectivity index (χ3n) is 8.75. The first kappa shape index (κ1) is 21.0. The van der Waals surface area contributed by atoms with Crippen LogP contribution in [0.2, 0.25) is 0 Å². The minimum Gasteiger partial charge on any atom is -0.353 e. The molecule has 0 spiro atoms. The molecule has 6 rings (SSSR count). The van der Waals surface area contributed by atoms with Crippen LogP contribution in [-0.4, -0.2) is 18.0 Å². The van der Waals surface area contributed by atoms with Gasteiger partial charge in [0.2, 0.25) is 5.91 Å². The van der Waals surface area contributed by atoms with Crippen LogP contribution in [-0.2, 0) is 10.2 Å². The molecule has 1 aromatic rings. The fourth-order valence-electron chi connectivity index (χ4n) is 7.47. The third-order valence-corrected chi connectivity index (χ3v) is 8.75. The van der Waals surface area contributed by atoms with Gasteiger partial charge in [0.1, 0.15) is 0 Å². The Morgan fingerprint density at radius 2 is 1.65 bits per heavy atom. The highest BCUT2D eigenvalue weighted by atomic mass is 16.2. The topological polar surface area (TPSA) is 55.1 Å². The first-order chi connectivity index (χ1) is 14.9. The van der Waals surface area contributed by atoms with E-state index in [4.69, 9.17) is 5.73 Å². The number of nitrogens with two attached hydrogens (primary N) is 1. The number of amides is 1. The zero-order valence-corrected chi connectivity index (χ0v) is 19.2. The summed E-state index contributed by atoms with van der Waals surface area (Å²) in [6, 6.07) is 11.7. The van der Waals surface area contributed by atoms with Crippen molar-refractivity contribution in [2.45, 2.75) is 89.1 Å². The number of rotatable bonds is 4. The Morgan fingerprint density at radius 3 is 2.26 bits per heavy atom. The molecule has 5 aliphatic rings. The summed E-state index contributed by atoms with van der Waals surface area (Å²) in [5.74, 6) is 1.40. The van der Waals surface area contributed by atoms with E-state index in [-0.39, 0.29) is 10.8 Å². The van der Waals surface area contributed by atoms with E-state index in [1.165, 1.54) is 24.0 Å². The van der Waals surface area contributed by atoms with Crippen LogP contribution in [0, 0.1) is 17.3 Å². The van der Waals surface area contributed by atoms with Crippen molar-refractivity contribution < 1.29 is 4.79 Å². The average molecular weight is 419 g/mol. The van der Waals surface area contributed by atoms with Gasteiger partial charge in [0, 0.05) is 12.1 Å². The summed E-state index contributed by atoms with van der Waals surface area (Å²) >= 11 is 0. The van der Waals surface area contributed by atoms with Gasteiger partial charge in [-0.3, -0.25) is 4.79 Å². The summed E-state index contributed by atoms with van der Waals surface area (Å²) in [7, 11) is 0. The van der Waals surface area contributed by atoms with E-state index in [9.17, 15) is 4.79 Å². The summed E-state index contributed by atoms with van der Waals surface area (Å²) in [5.41, 5.74) is 10.5. The lowest BCUT2D eigenvalue weighted by molar-refractivity contribution is -0.145. The monoisotopic (exact) mass is 418 g/mol. The standard InChI is InChI=1S/C28H38N2O/c1-19(2)8-13-25-20-14-27(22-6-4-3-5-7-22)15-21(25)17-28(16-20,18-27)26(31)30-24-11-9-23(29)10-12-24/h3-8,13,20-21,23-24H,9-12,14-18,29H2,1-2H3,(H,30,31)/t20?,21?,23-,24-,27?,28?. The molecule has 0 aromatic heterocycles. The van der Waals surface area contributed by atoms with Crippen LogP contribution in [0.15, 0.2) is 53.6 Å². The average Bonchev–Trinajstić information content (AvgIpc) is 2.75. The summed E-state index contributed by atoms with van der Waals surface area (Å²) in [5, 5.41) is 3.50. The van der Waals surface area contributed by atoms with E-state index in [2.05, 4.69) is 61.6 Å². The number of carbonyl (C=O) groups excluding carboxylic acids is 1. The second kappa shape index (κ2) is 7.92. The van der Waals surface area contributed by atoms with Crippen molar-refractivity contribution in [1.82, 2.24) is 5.32 Å². The lowest BCUT2D eigenvalue weighted by Gasteiger charge is -2.62. The van der Waals surface area contributed by atoms with Crippen molar-refractivity contribution in [3.05, 3.63) is 59.2 Å². The molecule has 2 atom stereocenters. The van der Waals surface area contributed by atoms with Crippen LogP contribution in [0.1, 0.15) is 77.2 Å². The summed E-state index contributed by atoms with van der Waals surface area (Å²) < 4.78 is 0. The van der Waals surface area contributed by atoms with Gasteiger partial charge in [-0.15, -0.1) is 0 Å². The van der Waals surface area contributed by atoms with Gasteiger partial charge in [-0.05, 0) is 94.4 Å². The molecule has 0 saturated heterocycles. The molecule has 166 valence electrons. The van der Waals surface area contributed by atoms with Crippen molar-refractivity contribution in [3.63, 3.8) is 0 Å². The van der Waals surface area contributed by atoms with Crippen LogP contribution in [0.25, 0.3) is 0 Å². The fraction of sp³-hybridized carbons (Fsp3) is 0.607. The first-order valence-electron chi connectivity index (χ1n) is 12.4. The number of hydrogen-bond acceptors (Lipinski definition) is 2. The number of carbonyl (C=O) groups is 1. The molecule has 5 aliphatic carbocycles. The van der Waals surface area contributed by atoms with Crippen molar-refractivity contribution in [1.29, 1.82) is 0 Å². The number of benzene rings is 1. The van der Waals surface area contributed by atoms with Gasteiger partial charge in [0.15, 0.2) is 0 Å². The van der Waals surface area contributed by atoms with Gasteiger partial charge in [0.05, 0.1) is 5.41 Å². The molecule has 3 nitrogen and oxygen atoms in total. The summed E-state index contributed by atoms with van der Waals surface area (Å²) in [6.07, 6.45) is 14.3. The fourth-order valence-corrected chi connectivity index (χ4v) is 7.47. The molecule has 3 heteroatoms. The van der Waals surface area contributed by atoms with E-state index in [0.29, 0.717) is 29.8 Å². The normalized spacial score (nSPS) is 38.6. The molecular weight excluding hydrogens is 380 g/mol. The van der Waals surface area contributed by atoms with Crippen molar-refractivity contribution in [3.8, 4) is 0 Å². The minimum atomic E-state index is -0.205. The Bertz CT molecular complexity index is 869. The van der Waals surface area contributed by atoms with Gasteiger partial charge in [-0.1, -0.05) is 53.6 Å². The smallest absolute Gasteiger partial charge is 0.226 e. The highest BCUT2D eigenvalue weighted by Crippen LogP contribution is 2.67. The predicted octanol–water partition coefficient (Wildman–Crippen LogP) is 5.41. The Kier molecular flexibility index (Phi) is 5.37. The lowest BCUT2D eigenvalue weighted by atomic mass is 9.41. The van der Waals surface area contributed by atoms with E-state index in [1.807, 2.05) is 0 Å². The molecule has 1 aromatic carbocycles. The summed E-state index contributed by atoms with van der Waals surface area (Å²) in [4.78, 5) is 13.8. The number of allylic oxidation sites excluding steroid dienone is 4. The molecule has 0 radical (unpaired) electrons. The van der Waals surface area contributed by atoms with E-state index < -0.39 is 0 Å². The second-order valence-corrected chi connectivity index (χ2v) is 11.3. The molecule has 31 heavy (non-hydrogen) atoms. The molecule has 5 fully saturated rings. The largest absolute Gasteiger partial charge is 0.353 e. The maximum absolute atomic E-state index is 13.8. The second-order valence-electron chi connectivity index (χ2n) is 11.3. The Balaban J connectivity index is 1.46. The van der Waals surface area contributed by atoms with Gasteiger partial charge < -0.3 is 11.1 Å². The van der Waals surface area contributed by atoms with Gasteiger partial charge in [0.25, 0.3) is 0 Å². The van der Waals surface area contributed by atoms with Crippen molar-refractivity contribution in [2.75, 3.05) is 0 Å². The van der Waals surface area contributed by atoms with Gasteiger partial charge in [-0.2, -0.15) is 0 Å². The zero-order valence-electron chi connectivity index (χ0n) is 19.2. The van der Waals surface area contributed by atoms with Crippen molar-refractivity contribution in [2.24, 2.45) is 23.0 Å². The molecular formula is C28H38N2O. The third kappa shape index (κ3) is 3.80. The quantitative estimate of drug-likeness (QED) is 0.686. The maximum Gasteiger partial charge on any atom is 0.226 e. The first-order valence-corrected chi connectivity index (χ1v) is 12.4. The maximum atomic E-state index is 13.8. The molecule has 5 saturated carbocycles. The van der Waals surface area contributed by atoms with Gasteiger partial charge >= 0.3 is 0 Å². The Labute approximate surface area is 187 Å². The number of hydrogen-bond donors (Lipinski definition) is 2. The molecule has 4 bridgehead atoms. The van der Waals surface area contributed by atoms with Crippen LogP contribution >= 0.6 is 0 Å². The van der Waals surface area contributed by atoms with Gasteiger partial charge in [-0.25, -0.2) is 0 Å². The van der Waals surface area contributed by atoms with E-state index in [1.54, 1.807) is 5.57 Å². The zero-order chi connectivity index (χ0) is 21.6. The van der Waals surface area contributed by atoms with Crippen LogP contribution < -0.4 is 11.1 Å². The highest BCUT2D eigenvalue weighted by molar-refractivity contribution is 5.84. The number of nitrogens with one attached hydrogen (secondary N) is 1.